The Kier molecular flexibility index (Phi) is 4.17. The topological polar surface area (TPSA) is 0 Å². The lowest BCUT2D eigenvalue weighted by atomic mass is 9.94. The maximum absolute atomic E-state index is 3.90. The lowest BCUT2D eigenvalue weighted by Crippen LogP contribution is -2.00. The maximum Gasteiger partial charge on any atom is -0.0233 e. The minimum atomic E-state index is 0.659. The first-order valence-corrected chi connectivity index (χ1v) is 4.29. The highest BCUT2D eigenvalue weighted by Gasteiger charge is 2.03. The van der Waals surface area contributed by atoms with Crippen LogP contribution in [-0.2, 0) is 0 Å². The van der Waals surface area contributed by atoms with Crippen LogP contribution in [0.15, 0.2) is 23.8 Å². The second-order valence-electron chi connectivity index (χ2n) is 3.73. The van der Waals surface area contributed by atoms with E-state index in [0.29, 0.717) is 5.92 Å². The number of hydrogen-bond acceptors (Lipinski definition) is 0. The van der Waals surface area contributed by atoms with Crippen LogP contribution < -0.4 is 0 Å². The van der Waals surface area contributed by atoms with Gasteiger partial charge in [-0.05, 0) is 25.7 Å². The maximum atomic E-state index is 3.90. The Morgan fingerprint density at radius 1 is 1.18 bits per heavy atom. The predicted molar refractivity (Wildman–Crippen MR) is 52.6 cm³/mol. The summed E-state index contributed by atoms with van der Waals surface area (Å²) in [5.74, 6) is 1.39. The Balaban J connectivity index is 4.19. The van der Waals surface area contributed by atoms with E-state index in [1.165, 1.54) is 11.1 Å². The number of allylic oxidation sites excluding steroid dienone is 3. The van der Waals surface area contributed by atoms with E-state index in [4.69, 9.17) is 0 Å². The van der Waals surface area contributed by atoms with Gasteiger partial charge in [0.15, 0.2) is 0 Å². The Bertz CT molecular complexity index is 161. The van der Waals surface area contributed by atoms with Gasteiger partial charge in [-0.25, -0.2) is 0 Å². The molecule has 11 heavy (non-hydrogen) atoms. The van der Waals surface area contributed by atoms with Crippen LogP contribution in [0.25, 0.3) is 0 Å². The number of hydrogen-bond donors (Lipinski definition) is 0. The van der Waals surface area contributed by atoms with Gasteiger partial charge >= 0.3 is 0 Å². The van der Waals surface area contributed by atoms with Crippen molar-refractivity contribution in [3.63, 3.8) is 0 Å². The van der Waals surface area contributed by atoms with Gasteiger partial charge in [0.2, 0.25) is 0 Å². The second kappa shape index (κ2) is 4.38. The van der Waals surface area contributed by atoms with Crippen molar-refractivity contribution < 1.29 is 0 Å². The summed E-state index contributed by atoms with van der Waals surface area (Å²) >= 11 is 0. The zero-order valence-electron chi connectivity index (χ0n) is 8.44. The highest BCUT2D eigenvalue weighted by molar-refractivity contribution is 5.24. The molecule has 0 saturated heterocycles. The average Bonchev–Trinajstić information content (AvgIpc) is 1.87. The molecule has 0 aromatic heterocycles. The monoisotopic (exact) mass is 152 g/mol. The molecule has 0 heterocycles. The van der Waals surface area contributed by atoms with Gasteiger partial charge in [0.05, 0.1) is 0 Å². The van der Waals surface area contributed by atoms with E-state index in [2.05, 4.69) is 47.3 Å². The lowest BCUT2D eigenvalue weighted by molar-refractivity contribution is 0.502. The van der Waals surface area contributed by atoms with Gasteiger partial charge in [0.1, 0.15) is 0 Å². The molecule has 0 amide bonds. The van der Waals surface area contributed by atoms with Crippen molar-refractivity contribution in [3.8, 4) is 0 Å². The zero-order chi connectivity index (χ0) is 9.02. The van der Waals surface area contributed by atoms with Crippen molar-refractivity contribution in [1.29, 1.82) is 0 Å². The van der Waals surface area contributed by atoms with Crippen LogP contribution in [0.1, 0.15) is 34.6 Å². The molecule has 0 nitrogen and oxygen atoms in total. The molecule has 0 rings (SSSR count). The van der Waals surface area contributed by atoms with Crippen LogP contribution in [0.4, 0.5) is 0 Å². The molecule has 0 fully saturated rings. The largest absolute Gasteiger partial charge is 0.0959 e. The molecule has 0 aromatic rings. The van der Waals surface area contributed by atoms with Crippen LogP contribution in [0.2, 0.25) is 0 Å². The zero-order valence-corrected chi connectivity index (χ0v) is 8.44. The predicted octanol–water partition coefficient (Wildman–Crippen LogP) is 3.80. The highest BCUT2D eigenvalue weighted by Crippen LogP contribution is 2.16. The van der Waals surface area contributed by atoms with Crippen LogP contribution in [-0.4, -0.2) is 0 Å². The molecule has 1 unspecified atom stereocenters. The fraction of sp³-hybridized carbons (Fsp3) is 0.636. The molecule has 0 aliphatic rings. The van der Waals surface area contributed by atoms with Gasteiger partial charge in [-0.15, -0.1) is 0 Å². The smallest absolute Gasteiger partial charge is 0.0233 e. The van der Waals surface area contributed by atoms with Crippen molar-refractivity contribution in [2.24, 2.45) is 11.8 Å². The van der Waals surface area contributed by atoms with Gasteiger partial charge in [-0.3, -0.25) is 0 Å². The summed E-state index contributed by atoms with van der Waals surface area (Å²) in [7, 11) is 0. The molecule has 1 atom stereocenters. The first-order chi connectivity index (χ1) is 4.95. The summed E-state index contributed by atoms with van der Waals surface area (Å²) < 4.78 is 0. The summed E-state index contributed by atoms with van der Waals surface area (Å²) in [4.78, 5) is 0. The van der Waals surface area contributed by atoms with Gasteiger partial charge in [0, 0.05) is 0 Å². The van der Waals surface area contributed by atoms with Crippen LogP contribution >= 0.6 is 0 Å². The van der Waals surface area contributed by atoms with E-state index < -0.39 is 0 Å². The molecular formula is C11H20. The molecule has 0 spiro atoms. The summed E-state index contributed by atoms with van der Waals surface area (Å²) in [5.41, 5.74) is 2.50. The van der Waals surface area contributed by atoms with Crippen molar-refractivity contribution in [3.05, 3.63) is 23.8 Å². The fourth-order valence-corrected chi connectivity index (χ4v) is 0.729. The van der Waals surface area contributed by atoms with Crippen molar-refractivity contribution in [2.45, 2.75) is 34.6 Å². The third kappa shape index (κ3) is 4.02. The molecular weight excluding hydrogens is 132 g/mol. The molecule has 0 radical (unpaired) electrons. The van der Waals surface area contributed by atoms with Gasteiger partial charge in [-0.1, -0.05) is 44.6 Å². The van der Waals surface area contributed by atoms with Crippen molar-refractivity contribution >= 4 is 0 Å². The molecule has 0 aromatic carbocycles. The molecule has 0 heteroatoms. The summed E-state index contributed by atoms with van der Waals surface area (Å²) in [6.45, 7) is 14.8. The third-order valence-corrected chi connectivity index (χ3v) is 2.24. The highest BCUT2D eigenvalue weighted by atomic mass is 14.1. The molecule has 0 bridgehead atoms. The van der Waals surface area contributed by atoms with Gasteiger partial charge in [-0.2, -0.15) is 0 Å². The summed E-state index contributed by atoms with van der Waals surface area (Å²) in [6, 6.07) is 0. The Labute approximate surface area is 71.0 Å². The average molecular weight is 152 g/mol. The third-order valence-electron chi connectivity index (χ3n) is 2.24. The number of rotatable bonds is 3. The second-order valence-corrected chi connectivity index (χ2v) is 3.73. The minimum absolute atomic E-state index is 0.659. The van der Waals surface area contributed by atoms with Gasteiger partial charge in [0.25, 0.3) is 0 Å². The lowest BCUT2D eigenvalue weighted by Gasteiger charge is -2.11. The van der Waals surface area contributed by atoms with E-state index in [1.54, 1.807) is 0 Å². The Morgan fingerprint density at radius 3 is 1.91 bits per heavy atom. The van der Waals surface area contributed by atoms with E-state index in [-0.39, 0.29) is 0 Å². The van der Waals surface area contributed by atoms with Gasteiger partial charge < -0.3 is 0 Å². The molecule has 0 aliphatic carbocycles. The SMILES string of the molecule is C=C(C)/C(C)=C\C(C)C(C)C. The Hall–Kier alpha value is -0.520. The van der Waals surface area contributed by atoms with Crippen LogP contribution in [0.5, 0.6) is 0 Å². The first kappa shape index (κ1) is 10.5. The van der Waals surface area contributed by atoms with Crippen LogP contribution in [0, 0.1) is 11.8 Å². The molecule has 0 N–H and O–H groups in total. The fourth-order valence-electron chi connectivity index (χ4n) is 0.729. The van der Waals surface area contributed by atoms with E-state index in [1.807, 2.05) is 0 Å². The van der Waals surface area contributed by atoms with E-state index in [9.17, 15) is 0 Å². The quantitative estimate of drug-likeness (QED) is 0.539. The van der Waals surface area contributed by atoms with Crippen LogP contribution in [0.3, 0.4) is 0 Å². The van der Waals surface area contributed by atoms with E-state index >= 15 is 0 Å². The molecule has 0 saturated carbocycles. The minimum Gasteiger partial charge on any atom is -0.0959 e. The normalized spacial score (nSPS) is 15.3. The Morgan fingerprint density at radius 2 is 1.64 bits per heavy atom. The van der Waals surface area contributed by atoms with Crippen molar-refractivity contribution in [2.75, 3.05) is 0 Å². The molecule has 0 aliphatic heterocycles. The van der Waals surface area contributed by atoms with Crippen molar-refractivity contribution in [1.82, 2.24) is 0 Å². The summed E-state index contributed by atoms with van der Waals surface area (Å²) in [6.07, 6.45) is 2.30. The standard InChI is InChI=1S/C11H20/c1-8(2)10(5)7-11(6)9(3)4/h7,9,11H,1H2,2-6H3/b10-7-. The summed E-state index contributed by atoms with van der Waals surface area (Å²) in [5, 5.41) is 0. The molecule has 64 valence electrons. The van der Waals surface area contributed by atoms with E-state index in [0.717, 1.165) is 5.92 Å². The first-order valence-electron chi connectivity index (χ1n) is 4.29.